The molecule has 0 radical (unpaired) electrons. The van der Waals surface area contributed by atoms with Gasteiger partial charge in [-0.15, -0.1) is 6.58 Å². The summed E-state index contributed by atoms with van der Waals surface area (Å²) in [5.41, 5.74) is 2.01. The molecule has 3 aromatic rings. The second-order valence-electron chi connectivity index (χ2n) is 6.04. The van der Waals surface area contributed by atoms with Gasteiger partial charge in [0, 0.05) is 13.1 Å². The van der Waals surface area contributed by atoms with Crippen molar-refractivity contribution in [3.05, 3.63) is 90.5 Å². The third-order valence-electron chi connectivity index (χ3n) is 4.22. The zero-order valence-corrected chi connectivity index (χ0v) is 15.0. The zero-order valence-electron chi connectivity index (χ0n) is 14.2. The Morgan fingerprint density at radius 2 is 1.64 bits per heavy atom. The van der Waals surface area contributed by atoms with E-state index in [0.29, 0.717) is 11.4 Å². The summed E-state index contributed by atoms with van der Waals surface area (Å²) in [4.78, 5) is 0.306. The molecule has 3 rings (SSSR count). The van der Waals surface area contributed by atoms with Gasteiger partial charge in [-0.05, 0) is 35.4 Å². The fraction of sp³-hybridized carbons (Fsp3) is 0.143. The van der Waals surface area contributed by atoms with Crippen LogP contribution in [0.4, 0.5) is 0 Å². The van der Waals surface area contributed by atoms with E-state index in [1.165, 1.54) is 4.31 Å². The molecule has 0 N–H and O–H groups in total. The van der Waals surface area contributed by atoms with Gasteiger partial charge in [-0.2, -0.15) is 4.31 Å². The van der Waals surface area contributed by atoms with E-state index in [4.69, 9.17) is 0 Å². The average Bonchev–Trinajstić information content (AvgIpc) is 2.62. The third kappa shape index (κ3) is 3.65. The van der Waals surface area contributed by atoms with E-state index in [9.17, 15) is 8.42 Å². The topological polar surface area (TPSA) is 37.4 Å². The van der Waals surface area contributed by atoms with Crippen LogP contribution in [0, 0.1) is 6.92 Å². The number of rotatable bonds is 6. The van der Waals surface area contributed by atoms with Gasteiger partial charge in [-0.3, -0.25) is 0 Å². The molecular weight excluding hydrogens is 330 g/mol. The van der Waals surface area contributed by atoms with E-state index < -0.39 is 10.0 Å². The van der Waals surface area contributed by atoms with Gasteiger partial charge in [0.25, 0.3) is 0 Å². The molecule has 4 heteroatoms. The lowest BCUT2D eigenvalue weighted by molar-refractivity contribution is 0.439. The predicted octanol–water partition coefficient (Wildman–Crippen LogP) is 4.53. The van der Waals surface area contributed by atoms with Crippen LogP contribution in [0.25, 0.3) is 10.8 Å². The molecule has 0 spiro atoms. The highest BCUT2D eigenvalue weighted by Crippen LogP contribution is 2.23. The lowest BCUT2D eigenvalue weighted by Crippen LogP contribution is -2.31. The normalized spacial score (nSPS) is 11.8. The molecule has 0 saturated carbocycles. The largest absolute Gasteiger partial charge is 0.243 e. The lowest BCUT2D eigenvalue weighted by Gasteiger charge is -2.22. The first kappa shape index (κ1) is 17.4. The number of fused-ring (bicyclic) bond motifs is 1. The molecule has 25 heavy (non-hydrogen) atoms. The molecule has 0 fully saturated rings. The Balaban J connectivity index is 2.01. The van der Waals surface area contributed by atoms with Crippen molar-refractivity contribution < 1.29 is 8.42 Å². The van der Waals surface area contributed by atoms with Gasteiger partial charge >= 0.3 is 0 Å². The Morgan fingerprint density at radius 3 is 2.36 bits per heavy atom. The molecule has 0 atom stereocenters. The van der Waals surface area contributed by atoms with E-state index in [0.717, 1.165) is 21.9 Å². The summed E-state index contributed by atoms with van der Waals surface area (Å²) in [5.74, 6) is 0. The van der Waals surface area contributed by atoms with Crippen LogP contribution < -0.4 is 0 Å². The number of aryl methyl sites for hydroxylation is 1. The second kappa shape index (κ2) is 7.21. The zero-order chi connectivity index (χ0) is 17.9. The quantitative estimate of drug-likeness (QED) is 0.612. The first-order valence-electron chi connectivity index (χ1n) is 8.17. The summed E-state index contributed by atoms with van der Waals surface area (Å²) in [7, 11) is -3.58. The molecule has 3 nitrogen and oxygen atoms in total. The summed E-state index contributed by atoms with van der Waals surface area (Å²) in [5, 5.41) is 2.17. The third-order valence-corrected chi connectivity index (χ3v) is 6.04. The highest BCUT2D eigenvalue weighted by atomic mass is 32.2. The number of sulfonamides is 1. The highest BCUT2D eigenvalue weighted by molar-refractivity contribution is 7.89. The van der Waals surface area contributed by atoms with Crippen molar-refractivity contribution >= 4 is 20.8 Å². The van der Waals surface area contributed by atoms with E-state index >= 15 is 0 Å². The van der Waals surface area contributed by atoms with Crippen molar-refractivity contribution in [3.63, 3.8) is 0 Å². The van der Waals surface area contributed by atoms with Crippen molar-refractivity contribution in [3.8, 4) is 0 Å². The minimum atomic E-state index is -3.58. The molecule has 0 amide bonds. The molecule has 0 unspecified atom stereocenters. The maximum absolute atomic E-state index is 13.1. The van der Waals surface area contributed by atoms with Gasteiger partial charge in [-0.1, -0.05) is 66.2 Å². The van der Waals surface area contributed by atoms with Crippen molar-refractivity contribution in [2.24, 2.45) is 0 Å². The average molecular weight is 351 g/mol. The summed E-state index contributed by atoms with van der Waals surface area (Å²) in [6.07, 6.45) is 1.62. The Morgan fingerprint density at radius 1 is 0.960 bits per heavy atom. The van der Waals surface area contributed by atoms with E-state index in [1.54, 1.807) is 18.2 Å². The Labute approximate surface area is 149 Å². The smallest absolute Gasteiger partial charge is 0.207 e. The van der Waals surface area contributed by atoms with Gasteiger partial charge in [0.15, 0.2) is 0 Å². The molecule has 0 aromatic heterocycles. The van der Waals surface area contributed by atoms with Gasteiger partial charge < -0.3 is 0 Å². The molecule has 128 valence electrons. The molecular formula is C21H21NO2S. The summed E-state index contributed by atoms with van der Waals surface area (Å²) >= 11 is 0. The second-order valence-corrected chi connectivity index (χ2v) is 7.98. The van der Waals surface area contributed by atoms with Crippen LogP contribution in [-0.4, -0.2) is 19.3 Å². The van der Waals surface area contributed by atoms with Crippen molar-refractivity contribution in [2.45, 2.75) is 18.4 Å². The molecule has 0 aliphatic heterocycles. The standard InChI is InChI=1S/C21H21NO2S/c1-3-15-22(25(23,24)20-13-11-17(2)12-14-20)16-19-9-6-8-18-7-4-5-10-21(18)19/h3-14H,1,15-16H2,2H3. The van der Waals surface area contributed by atoms with Crippen LogP contribution in [-0.2, 0) is 16.6 Å². The predicted molar refractivity (Wildman–Crippen MR) is 103 cm³/mol. The van der Waals surface area contributed by atoms with Crippen LogP contribution in [0.2, 0.25) is 0 Å². The fourth-order valence-corrected chi connectivity index (χ4v) is 4.26. The monoisotopic (exact) mass is 351 g/mol. The van der Waals surface area contributed by atoms with E-state index in [1.807, 2.05) is 61.5 Å². The van der Waals surface area contributed by atoms with Crippen LogP contribution in [0.3, 0.4) is 0 Å². The number of hydrogen-bond donors (Lipinski definition) is 0. The maximum Gasteiger partial charge on any atom is 0.243 e. The van der Waals surface area contributed by atoms with Crippen molar-refractivity contribution in [1.82, 2.24) is 4.31 Å². The minimum Gasteiger partial charge on any atom is -0.207 e. The van der Waals surface area contributed by atoms with Crippen LogP contribution in [0.5, 0.6) is 0 Å². The summed E-state index contributed by atoms with van der Waals surface area (Å²) in [6.45, 7) is 6.23. The van der Waals surface area contributed by atoms with E-state index in [2.05, 4.69) is 6.58 Å². The van der Waals surface area contributed by atoms with E-state index in [-0.39, 0.29) is 6.54 Å². The minimum absolute atomic E-state index is 0.263. The van der Waals surface area contributed by atoms with Crippen LogP contribution in [0.1, 0.15) is 11.1 Å². The summed E-state index contributed by atoms with van der Waals surface area (Å²) < 4.78 is 27.6. The Bertz CT molecular complexity index is 987. The van der Waals surface area contributed by atoms with Gasteiger partial charge in [0.2, 0.25) is 10.0 Å². The molecule has 0 aliphatic carbocycles. The number of benzene rings is 3. The molecule has 0 saturated heterocycles. The van der Waals surface area contributed by atoms with Gasteiger partial charge in [0.1, 0.15) is 0 Å². The van der Waals surface area contributed by atoms with Crippen molar-refractivity contribution in [1.29, 1.82) is 0 Å². The van der Waals surface area contributed by atoms with Crippen LogP contribution >= 0.6 is 0 Å². The lowest BCUT2D eigenvalue weighted by atomic mass is 10.0. The molecule has 0 heterocycles. The maximum atomic E-state index is 13.1. The highest BCUT2D eigenvalue weighted by Gasteiger charge is 2.24. The summed E-state index contributed by atoms with van der Waals surface area (Å²) in [6, 6.07) is 20.9. The first-order chi connectivity index (χ1) is 12.0. The number of nitrogens with zero attached hydrogens (tertiary/aromatic N) is 1. The molecule has 3 aromatic carbocycles. The fourth-order valence-electron chi connectivity index (χ4n) is 2.87. The Hall–Kier alpha value is -2.43. The van der Waals surface area contributed by atoms with Crippen LogP contribution in [0.15, 0.2) is 84.3 Å². The molecule has 0 bridgehead atoms. The van der Waals surface area contributed by atoms with Gasteiger partial charge in [-0.25, -0.2) is 8.42 Å². The van der Waals surface area contributed by atoms with Crippen molar-refractivity contribution in [2.75, 3.05) is 6.54 Å². The Kier molecular flexibility index (Phi) is 5.02. The SMILES string of the molecule is C=CCN(Cc1cccc2ccccc12)S(=O)(=O)c1ccc(C)cc1. The molecule has 0 aliphatic rings. The first-order valence-corrected chi connectivity index (χ1v) is 9.61. The van der Waals surface area contributed by atoms with Gasteiger partial charge in [0.05, 0.1) is 4.90 Å². The number of hydrogen-bond acceptors (Lipinski definition) is 2.